The maximum atomic E-state index is 12.3. The van der Waals surface area contributed by atoms with Crippen molar-refractivity contribution in [2.45, 2.75) is 19.8 Å². The topological polar surface area (TPSA) is 76.2 Å². The van der Waals surface area contributed by atoms with Gasteiger partial charge in [-0.05, 0) is 37.6 Å². The quantitative estimate of drug-likeness (QED) is 0.555. The summed E-state index contributed by atoms with van der Waals surface area (Å²) >= 11 is 0. The van der Waals surface area contributed by atoms with Crippen molar-refractivity contribution in [2.24, 2.45) is 0 Å². The Kier molecular flexibility index (Phi) is 6.46. The van der Waals surface area contributed by atoms with Gasteiger partial charge in [-0.1, -0.05) is 24.3 Å². The van der Waals surface area contributed by atoms with Crippen LogP contribution in [0.2, 0.25) is 0 Å². The molecule has 0 aliphatic heterocycles. The molecule has 3 rings (SSSR count). The summed E-state index contributed by atoms with van der Waals surface area (Å²) in [7, 11) is 0. The predicted octanol–water partition coefficient (Wildman–Crippen LogP) is 4.27. The van der Waals surface area contributed by atoms with Gasteiger partial charge in [0.15, 0.2) is 11.5 Å². The highest BCUT2D eigenvalue weighted by Gasteiger charge is 2.10. The first-order valence-electron chi connectivity index (χ1n) is 9.01. The molecule has 0 radical (unpaired) electrons. The Hall–Kier alpha value is -3.28. The Morgan fingerprint density at radius 2 is 1.81 bits per heavy atom. The number of para-hydroxylation sites is 3. The number of nitrogens with one attached hydrogen (secondary N) is 2. The fourth-order valence-corrected chi connectivity index (χ4v) is 2.68. The summed E-state index contributed by atoms with van der Waals surface area (Å²) in [6.45, 7) is 2.96. The third-order valence-corrected chi connectivity index (χ3v) is 3.91. The number of nitrogens with zero attached hydrogens (tertiary/aromatic N) is 1. The van der Waals surface area contributed by atoms with Gasteiger partial charge in [-0.25, -0.2) is 4.98 Å². The first-order chi connectivity index (χ1) is 13.3. The highest BCUT2D eigenvalue weighted by atomic mass is 16.5. The van der Waals surface area contributed by atoms with E-state index in [2.05, 4.69) is 15.3 Å². The number of carbonyl (C=O) groups is 1. The van der Waals surface area contributed by atoms with Crippen LogP contribution in [-0.4, -0.2) is 29.1 Å². The fourth-order valence-electron chi connectivity index (χ4n) is 2.68. The molecule has 140 valence electrons. The van der Waals surface area contributed by atoms with Crippen molar-refractivity contribution in [2.75, 3.05) is 18.5 Å². The average molecular weight is 365 g/mol. The predicted molar refractivity (Wildman–Crippen MR) is 105 cm³/mol. The average Bonchev–Trinajstić information content (AvgIpc) is 3.22. The molecule has 0 saturated carbocycles. The minimum absolute atomic E-state index is 0.0595. The Balaban J connectivity index is 1.50. The van der Waals surface area contributed by atoms with E-state index in [0.29, 0.717) is 31.8 Å². The molecule has 0 aliphatic rings. The van der Waals surface area contributed by atoms with Crippen LogP contribution in [0, 0.1) is 0 Å². The molecule has 2 aromatic carbocycles. The van der Waals surface area contributed by atoms with Crippen LogP contribution in [0.25, 0.3) is 11.4 Å². The number of rotatable bonds is 9. The molecular weight excluding hydrogens is 342 g/mol. The van der Waals surface area contributed by atoms with Gasteiger partial charge in [0.25, 0.3) is 0 Å². The molecule has 1 heterocycles. The van der Waals surface area contributed by atoms with Gasteiger partial charge in [0.05, 0.1) is 18.9 Å². The molecule has 0 bridgehead atoms. The van der Waals surface area contributed by atoms with Crippen molar-refractivity contribution in [3.05, 3.63) is 60.9 Å². The van der Waals surface area contributed by atoms with Gasteiger partial charge in [-0.3, -0.25) is 4.79 Å². The van der Waals surface area contributed by atoms with Gasteiger partial charge in [0, 0.05) is 24.4 Å². The number of aromatic amines is 1. The van der Waals surface area contributed by atoms with Gasteiger partial charge in [0.1, 0.15) is 5.82 Å². The van der Waals surface area contributed by atoms with Crippen molar-refractivity contribution < 1.29 is 14.3 Å². The van der Waals surface area contributed by atoms with Crippen LogP contribution in [0.3, 0.4) is 0 Å². The summed E-state index contributed by atoms with van der Waals surface area (Å²) in [6, 6.07) is 15.1. The minimum atomic E-state index is -0.0595. The maximum absolute atomic E-state index is 12.3. The number of H-pyrrole nitrogens is 1. The van der Waals surface area contributed by atoms with Gasteiger partial charge in [0.2, 0.25) is 5.91 Å². The molecule has 0 saturated heterocycles. The summed E-state index contributed by atoms with van der Waals surface area (Å²) in [5.41, 5.74) is 1.60. The SMILES string of the molecule is CCOc1ccccc1OCCCC(=O)Nc1ccccc1-c1ncc[nH]1. The third kappa shape index (κ3) is 5.10. The number of ether oxygens (including phenoxy) is 2. The van der Waals surface area contributed by atoms with Crippen LogP contribution >= 0.6 is 0 Å². The van der Waals surface area contributed by atoms with E-state index in [1.807, 2.05) is 55.5 Å². The van der Waals surface area contributed by atoms with E-state index in [1.165, 1.54) is 0 Å². The van der Waals surface area contributed by atoms with E-state index in [0.717, 1.165) is 22.8 Å². The largest absolute Gasteiger partial charge is 0.490 e. The molecule has 3 aromatic rings. The smallest absolute Gasteiger partial charge is 0.224 e. The number of hydrogen-bond acceptors (Lipinski definition) is 4. The van der Waals surface area contributed by atoms with Crippen LogP contribution in [0.4, 0.5) is 5.69 Å². The van der Waals surface area contributed by atoms with E-state index in [9.17, 15) is 4.79 Å². The van der Waals surface area contributed by atoms with E-state index in [4.69, 9.17) is 9.47 Å². The zero-order valence-electron chi connectivity index (χ0n) is 15.3. The molecule has 27 heavy (non-hydrogen) atoms. The van der Waals surface area contributed by atoms with E-state index >= 15 is 0 Å². The monoisotopic (exact) mass is 365 g/mol. The highest BCUT2D eigenvalue weighted by molar-refractivity contribution is 5.94. The second-order valence-electron chi connectivity index (χ2n) is 5.86. The second kappa shape index (κ2) is 9.43. The number of imidazole rings is 1. The fraction of sp³-hybridized carbons (Fsp3) is 0.238. The Morgan fingerprint density at radius 3 is 2.56 bits per heavy atom. The summed E-state index contributed by atoms with van der Waals surface area (Å²) in [6.07, 6.45) is 4.41. The number of benzene rings is 2. The molecular formula is C21H23N3O3. The molecule has 0 fully saturated rings. The van der Waals surface area contributed by atoms with E-state index < -0.39 is 0 Å². The zero-order chi connectivity index (χ0) is 18.9. The first-order valence-corrected chi connectivity index (χ1v) is 9.01. The Labute approximate surface area is 158 Å². The molecule has 6 heteroatoms. The second-order valence-corrected chi connectivity index (χ2v) is 5.86. The maximum Gasteiger partial charge on any atom is 0.224 e. The molecule has 2 N–H and O–H groups in total. The molecule has 1 amide bonds. The van der Waals surface area contributed by atoms with Crippen LogP contribution in [-0.2, 0) is 4.79 Å². The van der Waals surface area contributed by atoms with E-state index in [1.54, 1.807) is 12.4 Å². The summed E-state index contributed by atoms with van der Waals surface area (Å²) in [5, 5.41) is 2.95. The summed E-state index contributed by atoms with van der Waals surface area (Å²) in [4.78, 5) is 19.6. The van der Waals surface area contributed by atoms with Crippen molar-refractivity contribution >= 4 is 11.6 Å². The molecule has 0 aliphatic carbocycles. The summed E-state index contributed by atoms with van der Waals surface area (Å²) in [5.74, 6) is 2.08. The lowest BCUT2D eigenvalue weighted by Gasteiger charge is -2.12. The molecule has 0 unspecified atom stereocenters. The standard InChI is InChI=1S/C21H23N3O3/c1-2-26-18-10-5-6-11-19(18)27-15-7-12-20(25)24-17-9-4-3-8-16(17)21-22-13-14-23-21/h3-6,8-11,13-14H,2,7,12,15H2,1H3,(H,22,23)(H,24,25). The summed E-state index contributed by atoms with van der Waals surface area (Å²) < 4.78 is 11.3. The number of anilines is 1. The number of aromatic nitrogens is 2. The van der Waals surface area contributed by atoms with Crippen molar-refractivity contribution in [3.8, 4) is 22.9 Å². The Bertz CT molecular complexity index is 863. The van der Waals surface area contributed by atoms with Gasteiger partial charge in [-0.15, -0.1) is 0 Å². The van der Waals surface area contributed by atoms with Gasteiger partial charge in [-0.2, -0.15) is 0 Å². The number of amides is 1. The molecule has 0 atom stereocenters. The van der Waals surface area contributed by atoms with Crippen LogP contribution in [0.5, 0.6) is 11.5 Å². The van der Waals surface area contributed by atoms with Crippen molar-refractivity contribution in [1.82, 2.24) is 9.97 Å². The zero-order valence-corrected chi connectivity index (χ0v) is 15.3. The molecule has 0 spiro atoms. The normalized spacial score (nSPS) is 10.4. The minimum Gasteiger partial charge on any atom is -0.490 e. The number of carbonyl (C=O) groups excluding carboxylic acids is 1. The van der Waals surface area contributed by atoms with Crippen LogP contribution in [0.15, 0.2) is 60.9 Å². The lowest BCUT2D eigenvalue weighted by Crippen LogP contribution is -2.13. The van der Waals surface area contributed by atoms with Gasteiger partial charge >= 0.3 is 0 Å². The van der Waals surface area contributed by atoms with E-state index in [-0.39, 0.29) is 5.91 Å². The Morgan fingerprint density at radius 1 is 1.07 bits per heavy atom. The van der Waals surface area contributed by atoms with Crippen LogP contribution in [0.1, 0.15) is 19.8 Å². The molecule has 6 nitrogen and oxygen atoms in total. The lowest BCUT2D eigenvalue weighted by molar-refractivity contribution is -0.116. The molecule has 1 aromatic heterocycles. The first kappa shape index (κ1) is 18.5. The van der Waals surface area contributed by atoms with Crippen LogP contribution < -0.4 is 14.8 Å². The number of hydrogen-bond donors (Lipinski definition) is 2. The van der Waals surface area contributed by atoms with Crippen molar-refractivity contribution in [3.63, 3.8) is 0 Å². The van der Waals surface area contributed by atoms with Crippen molar-refractivity contribution in [1.29, 1.82) is 0 Å². The third-order valence-electron chi connectivity index (χ3n) is 3.91. The lowest BCUT2D eigenvalue weighted by atomic mass is 10.1. The van der Waals surface area contributed by atoms with Gasteiger partial charge < -0.3 is 19.8 Å². The highest BCUT2D eigenvalue weighted by Crippen LogP contribution is 2.27.